The van der Waals surface area contributed by atoms with Crippen LogP contribution in [0.2, 0.25) is 0 Å². The minimum Gasteiger partial charge on any atom is -0.375 e. The minimum atomic E-state index is -0.0949. The second-order valence-electron chi connectivity index (χ2n) is 9.62. The molecule has 1 aliphatic carbocycles. The highest BCUT2D eigenvalue weighted by atomic mass is 127. The Kier molecular flexibility index (Phi) is 6.05. The summed E-state index contributed by atoms with van der Waals surface area (Å²) in [6.45, 7) is 8.50. The molecule has 3 aliphatic rings. The molecule has 1 N–H and O–H groups in total. The van der Waals surface area contributed by atoms with Gasteiger partial charge in [-0.3, -0.25) is 4.79 Å². The molecule has 7 heteroatoms. The van der Waals surface area contributed by atoms with Crippen LogP contribution in [0.4, 0.5) is 17.3 Å². The van der Waals surface area contributed by atoms with E-state index in [1.807, 2.05) is 25.1 Å². The maximum Gasteiger partial charge on any atom is 0.258 e. The molecule has 6 nitrogen and oxygen atoms in total. The number of ether oxygens (including phenoxy) is 1. The van der Waals surface area contributed by atoms with Gasteiger partial charge in [0.2, 0.25) is 0 Å². The Balaban J connectivity index is 1.36. The molecule has 170 valence electrons. The van der Waals surface area contributed by atoms with Crippen LogP contribution >= 0.6 is 22.6 Å². The van der Waals surface area contributed by atoms with E-state index in [1.54, 1.807) is 0 Å². The van der Waals surface area contributed by atoms with Crippen LogP contribution in [-0.4, -0.2) is 49.8 Å². The summed E-state index contributed by atoms with van der Waals surface area (Å²) in [5.41, 5.74) is 3.46. The SMILES string of the molecule is Cc1cc(NC(=O)c2ccc(I)cc2N2CCC3(CC2)CC3)nc(N2CCO[C@H](C)C2)c1. The van der Waals surface area contributed by atoms with Gasteiger partial charge in [0, 0.05) is 29.7 Å². The summed E-state index contributed by atoms with van der Waals surface area (Å²) in [4.78, 5) is 22.8. The molecule has 5 rings (SSSR count). The van der Waals surface area contributed by atoms with Crippen LogP contribution in [0.15, 0.2) is 30.3 Å². The number of amides is 1. The summed E-state index contributed by atoms with van der Waals surface area (Å²) in [5.74, 6) is 1.40. The molecule has 1 atom stereocenters. The molecule has 1 aromatic heterocycles. The number of benzene rings is 1. The van der Waals surface area contributed by atoms with Crippen molar-refractivity contribution in [3.05, 3.63) is 45.0 Å². The minimum absolute atomic E-state index is 0.0949. The van der Waals surface area contributed by atoms with Crippen LogP contribution in [0.25, 0.3) is 0 Å². The van der Waals surface area contributed by atoms with E-state index in [0.29, 0.717) is 17.8 Å². The number of halogens is 1. The van der Waals surface area contributed by atoms with Crippen LogP contribution in [0, 0.1) is 15.9 Å². The number of rotatable bonds is 4. The number of nitrogens with one attached hydrogen (secondary N) is 1. The van der Waals surface area contributed by atoms with Crippen molar-refractivity contribution < 1.29 is 9.53 Å². The van der Waals surface area contributed by atoms with Crippen molar-refractivity contribution in [1.29, 1.82) is 0 Å². The number of carbonyl (C=O) groups excluding carboxylic acids is 1. The highest BCUT2D eigenvalue weighted by Gasteiger charge is 2.44. The lowest BCUT2D eigenvalue weighted by molar-refractivity contribution is 0.0529. The van der Waals surface area contributed by atoms with Gasteiger partial charge >= 0.3 is 0 Å². The summed E-state index contributed by atoms with van der Waals surface area (Å²) in [7, 11) is 0. The average molecular weight is 546 g/mol. The van der Waals surface area contributed by atoms with E-state index in [9.17, 15) is 4.79 Å². The van der Waals surface area contributed by atoms with Gasteiger partial charge < -0.3 is 19.9 Å². The number of hydrogen-bond donors (Lipinski definition) is 1. The second-order valence-corrected chi connectivity index (χ2v) is 10.9. The number of morpholine rings is 1. The number of nitrogens with zero attached hydrogens (tertiary/aromatic N) is 3. The predicted molar refractivity (Wildman–Crippen MR) is 137 cm³/mol. The fourth-order valence-corrected chi connectivity index (χ4v) is 5.42. The smallest absolute Gasteiger partial charge is 0.258 e. The first-order valence-electron chi connectivity index (χ1n) is 11.6. The quantitative estimate of drug-likeness (QED) is 0.556. The van der Waals surface area contributed by atoms with Crippen LogP contribution in [-0.2, 0) is 4.74 Å². The largest absolute Gasteiger partial charge is 0.375 e. The van der Waals surface area contributed by atoms with Gasteiger partial charge in [0.25, 0.3) is 5.91 Å². The summed E-state index contributed by atoms with van der Waals surface area (Å²) in [6, 6.07) is 10.1. The van der Waals surface area contributed by atoms with Crippen LogP contribution < -0.4 is 15.1 Å². The van der Waals surface area contributed by atoms with Gasteiger partial charge in [0.05, 0.1) is 24.0 Å². The summed E-state index contributed by atoms with van der Waals surface area (Å²) >= 11 is 2.33. The van der Waals surface area contributed by atoms with Gasteiger partial charge in [-0.1, -0.05) is 0 Å². The van der Waals surface area contributed by atoms with E-state index in [4.69, 9.17) is 9.72 Å². The van der Waals surface area contributed by atoms with Gasteiger partial charge in [-0.15, -0.1) is 0 Å². The van der Waals surface area contributed by atoms with Crippen molar-refractivity contribution in [1.82, 2.24) is 4.98 Å². The van der Waals surface area contributed by atoms with Crippen molar-refractivity contribution in [3.8, 4) is 0 Å². The topological polar surface area (TPSA) is 57.7 Å². The average Bonchev–Trinajstić information content (AvgIpc) is 3.52. The normalized spacial score (nSPS) is 22.2. The van der Waals surface area contributed by atoms with Crippen LogP contribution in [0.3, 0.4) is 0 Å². The molecule has 1 amide bonds. The Labute approximate surface area is 203 Å². The molecule has 32 heavy (non-hydrogen) atoms. The molecule has 1 saturated carbocycles. The molecule has 3 fully saturated rings. The lowest BCUT2D eigenvalue weighted by Gasteiger charge is -2.35. The van der Waals surface area contributed by atoms with Crippen molar-refractivity contribution in [3.63, 3.8) is 0 Å². The monoisotopic (exact) mass is 546 g/mol. The molecule has 0 unspecified atom stereocenters. The number of pyridine rings is 1. The van der Waals surface area contributed by atoms with E-state index in [0.717, 1.165) is 52.4 Å². The fourth-order valence-electron chi connectivity index (χ4n) is 4.94. The Bertz CT molecular complexity index is 1010. The molecule has 2 aliphatic heterocycles. The first kappa shape index (κ1) is 21.9. The maximum atomic E-state index is 13.4. The third-order valence-corrected chi connectivity index (χ3v) is 7.76. The maximum absolute atomic E-state index is 13.4. The molecular formula is C25H31IN4O2. The third-order valence-electron chi connectivity index (χ3n) is 7.09. The summed E-state index contributed by atoms with van der Waals surface area (Å²) < 4.78 is 6.82. The molecule has 0 bridgehead atoms. The van der Waals surface area contributed by atoms with Gasteiger partial charge in [0.1, 0.15) is 11.6 Å². The number of hydrogen-bond acceptors (Lipinski definition) is 5. The van der Waals surface area contributed by atoms with Crippen molar-refractivity contribution in [2.45, 2.75) is 45.6 Å². The Morgan fingerprint density at radius 1 is 1.12 bits per heavy atom. The summed E-state index contributed by atoms with van der Waals surface area (Å²) in [5, 5.41) is 3.08. The van der Waals surface area contributed by atoms with Crippen molar-refractivity contribution >= 4 is 45.8 Å². The Morgan fingerprint density at radius 2 is 1.91 bits per heavy atom. The van der Waals surface area contributed by atoms with E-state index >= 15 is 0 Å². The standard InChI is InChI=1S/C25H31IN4O2/c1-17-13-22(27-23(14-17)30-11-12-32-18(2)16-30)28-24(31)20-4-3-19(26)15-21(20)29-9-7-25(5-6-25)8-10-29/h3-4,13-15,18H,5-12,16H2,1-2H3,(H,27,28,31)/t18-/m1/s1. The van der Waals surface area contributed by atoms with Crippen LogP contribution in [0.1, 0.15) is 48.5 Å². The van der Waals surface area contributed by atoms with Crippen molar-refractivity contribution in [2.24, 2.45) is 5.41 Å². The first-order chi connectivity index (χ1) is 15.4. The molecule has 1 aromatic carbocycles. The highest BCUT2D eigenvalue weighted by Crippen LogP contribution is 2.54. The lowest BCUT2D eigenvalue weighted by Crippen LogP contribution is -2.41. The van der Waals surface area contributed by atoms with E-state index in [-0.39, 0.29) is 12.0 Å². The van der Waals surface area contributed by atoms with Crippen LogP contribution in [0.5, 0.6) is 0 Å². The number of aryl methyl sites for hydroxylation is 1. The molecule has 2 aromatic rings. The number of anilines is 3. The van der Waals surface area contributed by atoms with Gasteiger partial charge in [-0.25, -0.2) is 4.98 Å². The molecule has 2 saturated heterocycles. The zero-order chi connectivity index (χ0) is 22.3. The number of aromatic nitrogens is 1. The van der Waals surface area contributed by atoms with Gasteiger partial charge in [-0.2, -0.15) is 0 Å². The zero-order valence-electron chi connectivity index (χ0n) is 18.9. The first-order valence-corrected chi connectivity index (χ1v) is 12.7. The predicted octanol–water partition coefficient (Wildman–Crippen LogP) is 4.85. The molecule has 3 heterocycles. The van der Waals surface area contributed by atoms with Gasteiger partial charge in [0.15, 0.2) is 0 Å². The molecule has 1 spiro atoms. The van der Waals surface area contributed by atoms with Gasteiger partial charge in [-0.05, 0) is 103 Å². The highest BCUT2D eigenvalue weighted by molar-refractivity contribution is 14.1. The Hall–Kier alpha value is -1.87. The van der Waals surface area contributed by atoms with E-state index in [2.05, 4.69) is 56.8 Å². The lowest BCUT2D eigenvalue weighted by atomic mass is 9.93. The third kappa shape index (κ3) is 4.73. The van der Waals surface area contributed by atoms with Crippen molar-refractivity contribution in [2.75, 3.05) is 47.9 Å². The number of carbonyl (C=O) groups is 1. The second kappa shape index (κ2) is 8.82. The summed E-state index contributed by atoms with van der Waals surface area (Å²) in [6.07, 6.45) is 5.41. The van der Waals surface area contributed by atoms with E-state index in [1.165, 1.54) is 25.7 Å². The number of piperidine rings is 1. The molecule has 0 radical (unpaired) electrons. The fraction of sp³-hybridized carbons (Fsp3) is 0.520. The molecular weight excluding hydrogens is 515 g/mol. The van der Waals surface area contributed by atoms with E-state index < -0.39 is 0 Å². The zero-order valence-corrected chi connectivity index (χ0v) is 21.0. The Morgan fingerprint density at radius 3 is 2.62 bits per heavy atom.